The first-order valence-corrected chi connectivity index (χ1v) is 9.79. The fourth-order valence-electron chi connectivity index (χ4n) is 2.38. The molecule has 1 aliphatic heterocycles. The van der Waals surface area contributed by atoms with E-state index in [0.717, 1.165) is 0 Å². The van der Waals surface area contributed by atoms with E-state index in [9.17, 15) is 13.8 Å². The molecule has 0 saturated carbocycles. The Morgan fingerprint density at radius 2 is 1.79 bits per heavy atom. The Balaban J connectivity index is 1.81. The smallest absolute Gasteiger partial charge is 0.266 e. The van der Waals surface area contributed by atoms with Gasteiger partial charge in [0, 0.05) is 23.3 Å². The number of nitrogens with one attached hydrogen (secondary N) is 1. The van der Waals surface area contributed by atoms with Gasteiger partial charge in [0.25, 0.3) is 20.9 Å². The van der Waals surface area contributed by atoms with Crippen molar-refractivity contribution in [2.24, 2.45) is 0 Å². The number of benzene rings is 1. The zero-order chi connectivity index (χ0) is 18.0. The van der Waals surface area contributed by atoms with Crippen molar-refractivity contribution in [2.45, 2.75) is 25.8 Å². The SMILES string of the molecule is CC(C)(COS(=O)(O)=S)NCCCN1C(=O)c2ccccc2C1=O. The van der Waals surface area contributed by atoms with Gasteiger partial charge in [-0.25, -0.2) is 0 Å². The van der Waals surface area contributed by atoms with E-state index in [4.69, 9.17) is 8.74 Å². The standard InChI is InChI=1S/C15H20N2O5S2/c1-15(2,10-22-24(20,21)23)16-8-5-9-17-13(18)11-6-3-4-7-12(11)14(17)19/h3-4,6-7,16H,5,8-10H2,1-2H3,(H,20,21,23). The van der Waals surface area contributed by atoms with Crippen LogP contribution in [0.1, 0.15) is 41.0 Å². The molecule has 0 aliphatic carbocycles. The van der Waals surface area contributed by atoms with Crippen LogP contribution in [0.25, 0.3) is 0 Å². The van der Waals surface area contributed by atoms with Gasteiger partial charge in [0.05, 0.1) is 17.7 Å². The van der Waals surface area contributed by atoms with Crippen LogP contribution in [-0.4, -0.2) is 50.7 Å². The van der Waals surface area contributed by atoms with Crippen molar-refractivity contribution in [3.8, 4) is 0 Å². The van der Waals surface area contributed by atoms with E-state index in [1.807, 2.05) is 0 Å². The predicted molar refractivity (Wildman–Crippen MR) is 92.6 cm³/mol. The van der Waals surface area contributed by atoms with E-state index in [0.29, 0.717) is 30.6 Å². The van der Waals surface area contributed by atoms with Crippen LogP contribution in [0.5, 0.6) is 0 Å². The molecule has 0 fully saturated rings. The molecule has 0 radical (unpaired) electrons. The molecular weight excluding hydrogens is 352 g/mol. The zero-order valence-corrected chi connectivity index (χ0v) is 15.1. The van der Waals surface area contributed by atoms with Gasteiger partial charge in [-0.2, -0.15) is 4.21 Å². The Morgan fingerprint density at radius 3 is 2.29 bits per heavy atom. The maximum absolute atomic E-state index is 12.2. The van der Waals surface area contributed by atoms with Crippen molar-refractivity contribution in [2.75, 3.05) is 19.7 Å². The molecule has 9 heteroatoms. The number of hydrogen-bond acceptors (Lipinski definition) is 6. The number of imide groups is 1. The Hall–Kier alpha value is -1.39. The monoisotopic (exact) mass is 372 g/mol. The van der Waals surface area contributed by atoms with E-state index in [1.165, 1.54) is 4.90 Å². The molecule has 0 bridgehead atoms. The summed E-state index contributed by atoms with van der Waals surface area (Å²) < 4.78 is 24.6. The number of carbonyl (C=O) groups excluding carboxylic acids is 2. The summed E-state index contributed by atoms with van der Waals surface area (Å²) in [5.41, 5.74) is 0.311. The minimum Gasteiger partial charge on any atom is -0.309 e. The van der Waals surface area contributed by atoms with Crippen LogP contribution in [0.3, 0.4) is 0 Å². The van der Waals surface area contributed by atoms with Crippen LogP contribution in [-0.2, 0) is 24.4 Å². The van der Waals surface area contributed by atoms with E-state index in [-0.39, 0.29) is 18.4 Å². The minimum atomic E-state index is -3.65. The van der Waals surface area contributed by atoms with Gasteiger partial charge in [-0.3, -0.25) is 23.2 Å². The van der Waals surface area contributed by atoms with Gasteiger partial charge >= 0.3 is 0 Å². The number of amides is 2. The van der Waals surface area contributed by atoms with Crippen molar-refractivity contribution < 1.29 is 22.5 Å². The highest BCUT2D eigenvalue weighted by Gasteiger charge is 2.34. The molecule has 24 heavy (non-hydrogen) atoms. The molecule has 1 aliphatic rings. The second-order valence-electron chi connectivity index (χ2n) is 6.16. The number of hydrogen-bond donors (Lipinski definition) is 2. The second-order valence-corrected chi connectivity index (χ2v) is 8.52. The lowest BCUT2D eigenvalue weighted by atomic mass is 10.1. The Morgan fingerprint density at radius 1 is 1.25 bits per heavy atom. The predicted octanol–water partition coefficient (Wildman–Crippen LogP) is 1.19. The summed E-state index contributed by atoms with van der Waals surface area (Å²) in [5, 5.41) is 3.15. The lowest BCUT2D eigenvalue weighted by Gasteiger charge is -2.26. The summed E-state index contributed by atoms with van der Waals surface area (Å²) in [4.78, 5) is 25.6. The summed E-state index contributed by atoms with van der Waals surface area (Å²) in [6.45, 7) is 4.38. The molecule has 1 aromatic rings. The van der Waals surface area contributed by atoms with Gasteiger partial charge in [0.1, 0.15) is 0 Å². The molecule has 2 N–H and O–H groups in total. The molecule has 2 amide bonds. The van der Waals surface area contributed by atoms with Gasteiger partial charge in [-0.05, 0) is 38.9 Å². The molecule has 1 unspecified atom stereocenters. The highest BCUT2D eigenvalue weighted by atomic mass is 32.9. The molecule has 1 aromatic carbocycles. The number of fused-ring (bicyclic) bond motifs is 1. The van der Waals surface area contributed by atoms with E-state index in [1.54, 1.807) is 38.1 Å². The van der Waals surface area contributed by atoms with E-state index >= 15 is 0 Å². The number of carbonyl (C=O) groups is 2. The highest BCUT2D eigenvalue weighted by Crippen LogP contribution is 2.22. The molecular formula is C15H20N2O5S2. The van der Waals surface area contributed by atoms with Gasteiger partial charge in [0.15, 0.2) is 0 Å². The van der Waals surface area contributed by atoms with Gasteiger partial charge < -0.3 is 5.32 Å². The third kappa shape index (κ3) is 4.81. The van der Waals surface area contributed by atoms with Crippen LogP contribution in [0.15, 0.2) is 24.3 Å². The Bertz CT molecular complexity index is 711. The van der Waals surface area contributed by atoms with Crippen LogP contribution < -0.4 is 5.32 Å². The van der Waals surface area contributed by atoms with Gasteiger partial charge in [-0.1, -0.05) is 12.1 Å². The molecule has 7 nitrogen and oxygen atoms in total. The fraction of sp³-hybridized carbons (Fsp3) is 0.467. The van der Waals surface area contributed by atoms with E-state index < -0.39 is 14.6 Å². The van der Waals surface area contributed by atoms with Gasteiger partial charge in [-0.15, -0.1) is 0 Å². The van der Waals surface area contributed by atoms with E-state index in [2.05, 4.69) is 16.5 Å². The van der Waals surface area contributed by atoms with Crippen LogP contribution in [0, 0.1) is 0 Å². The molecule has 2 rings (SSSR count). The Kier molecular flexibility index (Phi) is 5.71. The van der Waals surface area contributed by atoms with Gasteiger partial charge in [0.2, 0.25) is 0 Å². The maximum atomic E-state index is 12.2. The minimum absolute atomic E-state index is 0.0289. The normalized spacial score (nSPS) is 17.0. The van der Waals surface area contributed by atoms with Crippen molar-refractivity contribution in [3.05, 3.63) is 35.4 Å². The third-order valence-electron chi connectivity index (χ3n) is 3.61. The molecule has 0 aromatic heterocycles. The molecule has 0 spiro atoms. The average molecular weight is 372 g/mol. The topological polar surface area (TPSA) is 95.9 Å². The first-order chi connectivity index (χ1) is 11.1. The number of nitrogens with zero attached hydrogens (tertiary/aromatic N) is 1. The van der Waals surface area contributed by atoms with Crippen molar-refractivity contribution in [1.29, 1.82) is 0 Å². The first-order valence-electron chi connectivity index (χ1n) is 7.43. The summed E-state index contributed by atoms with van der Waals surface area (Å²) >= 11 is 4.27. The lowest BCUT2D eigenvalue weighted by Crippen LogP contribution is -2.45. The second kappa shape index (κ2) is 7.24. The Labute approximate surface area is 146 Å². The summed E-state index contributed by atoms with van der Waals surface area (Å²) in [7, 11) is -3.65. The average Bonchev–Trinajstić information content (AvgIpc) is 2.74. The number of rotatable bonds is 8. The largest absolute Gasteiger partial charge is 0.309 e. The fourth-order valence-corrected chi connectivity index (χ4v) is 2.97. The van der Waals surface area contributed by atoms with Crippen LogP contribution in [0.4, 0.5) is 0 Å². The summed E-state index contributed by atoms with van der Waals surface area (Å²) in [6, 6.07) is 6.76. The highest BCUT2D eigenvalue weighted by molar-refractivity contribution is 8.27. The summed E-state index contributed by atoms with van der Waals surface area (Å²) in [6.07, 6.45) is 0.553. The third-order valence-corrected chi connectivity index (χ3v) is 4.31. The van der Waals surface area contributed by atoms with Crippen LogP contribution in [0.2, 0.25) is 0 Å². The summed E-state index contributed by atoms with van der Waals surface area (Å²) in [5.74, 6) is -0.548. The molecule has 0 saturated heterocycles. The molecule has 132 valence electrons. The quantitative estimate of drug-likeness (QED) is 0.523. The van der Waals surface area contributed by atoms with Crippen molar-refractivity contribution >= 4 is 32.1 Å². The van der Waals surface area contributed by atoms with Crippen LogP contribution >= 0.6 is 0 Å². The molecule has 1 atom stereocenters. The first kappa shape index (κ1) is 18.9. The maximum Gasteiger partial charge on any atom is 0.266 e. The van der Waals surface area contributed by atoms with Crippen molar-refractivity contribution in [3.63, 3.8) is 0 Å². The molecule has 1 heterocycles. The zero-order valence-electron chi connectivity index (χ0n) is 13.5. The van der Waals surface area contributed by atoms with Crippen molar-refractivity contribution in [1.82, 2.24) is 10.2 Å². The lowest BCUT2D eigenvalue weighted by molar-refractivity contribution is 0.0651.